The lowest BCUT2D eigenvalue weighted by Gasteiger charge is -2.19. The molecule has 0 spiro atoms. The van der Waals surface area contributed by atoms with E-state index in [1.807, 2.05) is 0 Å². The SMILES string of the molecule is c1ccc2cc(-c3c4ccccc4c(-c4ccc5ccccc5c4)c4cc(-c5ccc6c7nc8ccccc8cc7c7nc8ccccc8n7c6c5)ccc34)ccc2c1. The molecule has 3 heterocycles. The van der Waals surface area contributed by atoms with Gasteiger partial charge in [-0.05, 0) is 125 Å². The van der Waals surface area contributed by atoms with E-state index in [1.54, 1.807) is 0 Å². The minimum absolute atomic E-state index is 0.924. The van der Waals surface area contributed by atoms with Gasteiger partial charge in [0.25, 0.3) is 0 Å². The van der Waals surface area contributed by atoms with Gasteiger partial charge in [0.15, 0.2) is 0 Å². The number of nitrogens with zero attached hydrogens (tertiary/aromatic N) is 3. The molecule has 0 atom stereocenters. The van der Waals surface area contributed by atoms with Crippen molar-refractivity contribution in [2.75, 3.05) is 0 Å². The summed E-state index contributed by atoms with van der Waals surface area (Å²) in [4.78, 5) is 10.5. The van der Waals surface area contributed by atoms with Gasteiger partial charge in [0, 0.05) is 16.2 Å². The molecule has 0 saturated carbocycles. The first-order valence-electron chi connectivity index (χ1n) is 20.2. The summed E-state index contributed by atoms with van der Waals surface area (Å²) in [5.74, 6) is 0. The maximum Gasteiger partial charge on any atom is 0.147 e. The van der Waals surface area contributed by atoms with Crippen molar-refractivity contribution in [3.05, 3.63) is 200 Å². The zero-order valence-corrected chi connectivity index (χ0v) is 31.9. The van der Waals surface area contributed by atoms with Crippen LogP contribution in [0.2, 0.25) is 0 Å². The fraction of sp³-hybridized carbons (Fsp3) is 0. The zero-order valence-electron chi connectivity index (χ0n) is 31.9. The molecule has 13 rings (SSSR count). The van der Waals surface area contributed by atoms with Crippen LogP contribution in [0.15, 0.2) is 200 Å². The lowest BCUT2D eigenvalue weighted by molar-refractivity contribution is 1.31. The molecule has 10 aromatic carbocycles. The summed E-state index contributed by atoms with van der Waals surface area (Å²) in [6.07, 6.45) is 0. The van der Waals surface area contributed by atoms with Crippen LogP contribution in [-0.2, 0) is 0 Å². The summed E-state index contributed by atoms with van der Waals surface area (Å²) in [6, 6.07) is 73.1. The Morgan fingerprint density at radius 1 is 0.288 bits per heavy atom. The van der Waals surface area contributed by atoms with E-state index in [2.05, 4.69) is 205 Å². The number of aromatic nitrogens is 3. The molecule has 59 heavy (non-hydrogen) atoms. The molecule has 0 saturated heterocycles. The summed E-state index contributed by atoms with van der Waals surface area (Å²) in [6.45, 7) is 0. The van der Waals surface area contributed by atoms with Gasteiger partial charge in [-0.2, -0.15) is 0 Å². The summed E-state index contributed by atoms with van der Waals surface area (Å²) in [5.41, 5.74) is 13.3. The number of imidazole rings is 1. The van der Waals surface area contributed by atoms with Crippen molar-refractivity contribution < 1.29 is 0 Å². The van der Waals surface area contributed by atoms with E-state index in [0.717, 1.165) is 60.5 Å². The number of rotatable bonds is 3. The molecule has 3 heteroatoms. The van der Waals surface area contributed by atoms with Crippen LogP contribution < -0.4 is 0 Å². The minimum atomic E-state index is 0.924. The van der Waals surface area contributed by atoms with Crippen LogP contribution in [0.1, 0.15) is 0 Å². The van der Waals surface area contributed by atoms with E-state index in [0.29, 0.717) is 0 Å². The second-order valence-corrected chi connectivity index (χ2v) is 15.7. The lowest BCUT2D eigenvalue weighted by atomic mass is 9.84. The van der Waals surface area contributed by atoms with Gasteiger partial charge in [0.2, 0.25) is 0 Å². The van der Waals surface area contributed by atoms with Crippen LogP contribution >= 0.6 is 0 Å². The molecular weight excluding hydrogens is 715 g/mol. The van der Waals surface area contributed by atoms with E-state index in [4.69, 9.17) is 9.97 Å². The van der Waals surface area contributed by atoms with Crippen molar-refractivity contribution in [3.8, 4) is 33.4 Å². The lowest BCUT2D eigenvalue weighted by Crippen LogP contribution is -1.95. The van der Waals surface area contributed by atoms with Gasteiger partial charge < -0.3 is 0 Å². The van der Waals surface area contributed by atoms with Crippen LogP contribution in [0.4, 0.5) is 0 Å². The van der Waals surface area contributed by atoms with Gasteiger partial charge in [-0.15, -0.1) is 0 Å². The molecule has 0 aliphatic heterocycles. The predicted molar refractivity (Wildman–Crippen MR) is 249 cm³/mol. The molecule has 0 unspecified atom stereocenters. The highest BCUT2D eigenvalue weighted by Gasteiger charge is 2.20. The number of para-hydroxylation sites is 3. The second kappa shape index (κ2) is 12.3. The van der Waals surface area contributed by atoms with Gasteiger partial charge in [-0.3, -0.25) is 4.40 Å². The first kappa shape index (κ1) is 32.2. The number of benzene rings is 10. The summed E-state index contributed by atoms with van der Waals surface area (Å²) in [7, 11) is 0. The minimum Gasteiger partial charge on any atom is -0.292 e. The van der Waals surface area contributed by atoms with Gasteiger partial charge in [-0.25, -0.2) is 9.97 Å². The molecule has 0 amide bonds. The highest BCUT2D eigenvalue weighted by atomic mass is 15.0. The van der Waals surface area contributed by atoms with E-state index in [9.17, 15) is 0 Å². The fourth-order valence-corrected chi connectivity index (χ4v) is 9.71. The maximum absolute atomic E-state index is 5.27. The quantitative estimate of drug-likeness (QED) is 0.133. The second-order valence-electron chi connectivity index (χ2n) is 15.7. The summed E-state index contributed by atoms with van der Waals surface area (Å²) in [5, 5.41) is 13.2. The normalized spacial score (nSPS) is 12.1. The Balaban J connectivity index is 1.12. The van der Waals surface area contributed by atoms with Crippen LogP contribution in [-0.4, -0.2) is 14.4 Å². The first-order valence-corrected chi connectivity index (χ1v) is 20.2. The summed E-state index contributed by atoms with van der Waals surface area (Å²) < 4.78 is 2.33. The van der Waals surface area contributed by atoms with Crippen molar-refractivity contribution in [2.45, 2.75) is 0 Å². The molecule has 3 nitrogen and oxygen atoms in total. The molecular formula is C56H33N3. The van der Waals surface area contributed by atoms with E-state index >= 15 is 0 Å². The number of hydrogen-bond donors (Lipinski definition) is 0. The fourth-order valence-electron chi connectivity index (χ4n) is 9.71. The molecule has 13 aromatic rings. The Labute approximate surface area is 339 Å². The molecule has 0 aliphatic carbocycles. The summed E-state index contributed by atoms with van der Waals surface area (Å²) >= 11 is 0. The number of fused-ring (bicyclic) bond motifs is 13. The van der Waals surface area contributed by atoms with Crippen molar-refractivity contribution >= 4 is 92.5 Å². The standard InChI is InChI=1S/C56H33N3/c1-3-13-36-29-41(23-21-34(36)11-1)53-43-16-6-7-17-44(43)54(42-24-22-35-12-2-4-14-37(35)30-42)47-31-38(25-27-45(47)53)39-26-28-46-52(33-39)59-51-20-10-9-19-50(51)58-56(59)48-32-40-15-5-8-18-49(40)57-55(46)48/h1-33H. The Kier molecular flexibility index (Phi) is 6.72. The van der Waals surface area contributed by atoms with Crippen LogP contribution in [0.3, 0.4) is 0 Å². The van der Waals surface area contributed by atoms with Gasteiger partial charge in [0.05, 0.1) is 27.6 Å². The number of pyridine rings is 2. The molecule has 0 N–H and O–H groups in total. The van der Waals surface area contributed by atoms with Gasteiger partial charge >= 0.3 is 0 Å². The van der Waals surface area contributed by atoms with E-state index in [-0.39, 0.29) is 0 Å². The Hall–Kier alpha value is -7.88. The Bertz CT molecular complexity index is 3910. The van der Waals surface area contributed by atoms with Gasteiger partial charge in [-0.1, -0.05) is 152 Å². The third kappa shape index (κ3) is 4.82. The zero-order chi connectivity index (χ0) is 38.6. The van der Waals surface area contributed by atoms with E-state index < -0.39 is 0 Å². The molecule has 0 radical (unpaired) electrons. The molecule has 0 bridgehead atoms. The smallest absolute Gasteiger partial charge is 0.147 e. The molecule has 0 aliphatic rings. The van der Waals surface area contributed by atoms with Crippen LogP contribution in [0.5, 0.6) is 0 Å². The molecule has 0 fully saturated rings. The Morgan fingerprint density at radius 2 is 0.814 bits per heavy atom. The molecule has 272 valence electrons. The average Bonchev–Trinajstić information content (AvgIpc) is 3.70. The predicted octanol–water partition coefficient (Wildman–Crippen LogP) is 15.0. The first-order chi connectivity index (χ1) is 29.2. The third-order valence-electron chi connectivity index (χ3n) is 12.5. The van der Waals surface area contributed by atoms with E-state index in [1.165, 1.54) is 65.3 Å². The van der Waals surface area contributed by atoms with Crippen molar-refractivity contribution in [2.24, 2.45) is 0 Å². The van der Waals surface area contributed by atoms with Gasteiger partial charge in [0.1, 0.15) is 5.65 Å². The third-order valence-corrected chi connectivity index (χ3v) is 12.5. The average molecular weight is 748 g/mol. The highest BCUT2D eigenvalue weighted by Crippen LogP contribution is 2.46. The van der Waals surface area contributed by atoms with Crippen molar-refractivity contribution in [1.82, 2.24) is 14.4 Å². The van der Waals surface area contributed by atoms with Crippen molar-refractivity contribution in [1.29, 1.82) is 0 Å². The highest BCUT2D eigenvalue weighted by molar-refractivity contribution is 6.23. The van der Waals surface area contributed by atoms with Crippen molar-refractivity contribution in [3.63, 3.8) is 0 Å². The van der Waals surface area contributed by atoms with Crippen LogP contribution in [0, 0.1) is 0 Å². The monoisotopic (exact) mass is 747 g/mol. The Morgan fingerprint density at radius 3 is 1.53 bits per heavy atom. The topological polar surface area (TPSA) is 30.2 Å². The van der Waals surface area contributed by atoms with Crippen LogP contribution in [0.25, 0.3) is 126 Å². The number of hydrogen-bond acceptors (Lipinski definition) is 2. The largest absolute Gasteiger partial charge is 0.292 e. The maximum atomic E-state index is 5.27. The molecule has 3 aromatic heterocycles.